The van der Waals surface area contributed by atoms with E-state index in [1.54, 1.807) is 41.0 Å². The highest BCUT2D eigenvalue weighted by Crippen LogP contribution is 2.26. The van der Waals surface area contributed by atoms with E-state index in [0.717, 1.165) is 10.6 Å². The molecule has 0 saturated heterocycles. The number of thiazole rings is 1. The molecule has 2 N–H and O–H groups in total. The van der Waals surface area contributed by atoms with Gasteiger partial charge in [0.2, 0.25) is 5.91 Å². The molecule has 128 valence electrons. The van der Waals surface area contributed by atoms with Gasteiger partial charge in [-0.05, 0) is 29.6 Å². The summed E-state index contributed by atoms with van der Waals surface area (Å²) in [7, 11) is 1.45. The van der Waals surface area contributed by atoms with E-state index in [-0.39, 0.29) is 18.4 Å². The van der Waals surface area contributed by atoms with E-state index in [9.17, 15) is 9.59 Å². The summed E-state index contributed by atoms with van der Waals surface area (Å²) in [4.78, 5) is 28.3. The number of nitrogens with zero attached hydrogens (tertiary/aromatic N) is 1. The third-order valence-corrected chi connectivity index (χ3v) is 4.76. The zero-order chi connectivity index (χ0) is 17.6. The Morgan fingerprint density at radius 1 is 1.16 bits per heavy atom. The fourth-order valence-corrected chi connectivity index (χ4v) is 3.61. The summed E-state index contributed by atoms with van der Waals surface area (Å²) in [6.07, 6.45) is 0. The van der Waals surface area contributed by atoms with Crippen molar-refractivity contribution in [3.05, 3.63) is 52.2 Å². The maximum atomic E-state index is 12.4. The van der Waals surface area contributed by atoms with Crippen molar-refractivity contribution in [3.8, 4) is 10.6 Å². The predicted molar refractivity (Wildman–Crippen MR) is 100 cm³/mol. The average Bonchev–Trinajstić information content (AvgIpc) is 3.27. The van der Waals surface area contributed by atoms with Crippen LogP contribution in [0.5, 0.6) is 0 Å². The molecule has 6 nitrogen and oxygen atoms in total. The van der Waals surface area contributed by atoms with Crippen molar-refractivity contribution in [3.63, 3.8) is 0 Å². The molecule has 0 spiro atoms. The molecule has 0 aliphatic carbocycles. The Morgan fingerprint density at radius 2 is 1.96 bits per heavy atom. The Labute approximate surface area is 152 Å². The summed E-state index contributed by atoms with van der Waals surface area (Å²) in [6, 6.07) is 8.88. The molecule has 8 heteroatoms. The summed E-state index contributed by atoms with van der Waals surface area (Å²) in [5, 5.41) is 12.0. The van der Waals surface area contributed by atoms with Gasteiger partial charge in [0.1, 0.15) is 17.3 Å². The van der Waals surface area contributed by atoms with Gasteiger partial charge in [0.25, 0.3) is 5.91 Å². The van der Waals surface area contributed by atoms with Crippen molar-refractivity contribution in [1.29, 1.82) is 0 Å². The first kappa shape index (κ1) is 17.3. The Morgan fingerprint density at radius 3 is 2.68 bits per heavy atom. The van der Waals surface area contributed by atoms with Crippen LogP contribution in [0.1, 0.15) is 10.5 Å². The lowest BCUT2D eigenvalue weighted by Crippen LogP contribution is -2.17. The molecule has 2 amide bonds. The van der Waals surface area contributed by atoms with E-state index >= 15 is 0 Å². The highest BCUT2D eigenvalue weighted by Gasteiger charge is 2.13. The second kappa shape index (κ2) is 8.02. The van der Waals surface area contributed by atoms with Gasteiger partial charge in [0.15, 0.2) is 0 Å². The Bertz CT molecular complexity index is 875. The lowest BCUT2D eigenvalue weighted by molar-refractivity contribution is -0.119. The van der Waals surface area contributed by atoms with Crippen LogP contribution in [0.25, 0.3) is 10.6 Å². The number of anilines is 2. The molecular formula is C17H15N3O3S2. The molecule has 0 aliphatic rings. The summed E-state index contributed by atoms with van der Waals surface area (Å²) in [5.74, 6) is -0.552. The monoisotopic (exact) mass is 373 g/mol. The average molecular weight is 373 g/mol. The van der Waals surface area contributed by atoms with Gasteiger partial charge in [-0.3, -0.25) is 9.59 Å². The Kier molecular flexibility index (Phi) is 5.54. The number of aromatic nitrogens is 1. The fraction of sp³-hybridized carbons (Fsp3) is 0.118. The van der Waals surface area contributed by atoms with Crippen molar-refractivity contribution < 1.29 is 14.3 Å². The molecule has 3 rings (SSSR count). The number of benzene rings is 1. The third-order valence-electron chi connectivity index (χ3n) is 3.18. The first-order chi connectivity index (χ1) is 12.2. The van der Waals surface area contributed by atoms with Gasteiger partial charge >= 0.3 is 0 Å². The molecule has 0 fully saturated rings. The van der Waals surface area contributed by atoms with Gasteiger partial charge in [0.05, 0.1) is 0 Å². The van der Waals surface area contributed by atoms with Crippen LogP contribution in [0, 0.1) is 0 Å². The molecule has 3 aromatic rings. The van der Waals surface area contributed by atoms with Gasteiger partial charge in [0, 0.05) is 34.8 Å². The van der Waals surface area contributed by atoms with Gasteiger partial charge in [-0.25, -0.2) is 4.98 Å². The topological polar surface area (TPSA) is 80.3 Å². The highest BCUT2D eigenvalue weighted by molar-refractivity contribution is 7.14. The van der Waals surface area contributed by atoms with Crippen LogP contribution in [-0.4, -0.2) is 30.5 Å². The highest BCUT2D eigenvalue weighted by atomic mass is 32.1. The number of nitrogens with one attached hydrogen (secondary N) is 2. The van der Waals surface area contributed by atoms with E-state index in [4.69, 9.17) is 4.74 Å². The molecule has 0 aliphatic heterocycles. The lowest BCUT2D eigenvalue weighted by Gasteiger charge is -2.07. The van der Waals surface area contributed by atoms with Gasteiger partial charge in [-0.15, -0.1) is 11.3 Å². The molecule has 2 aromatic heterocycles. The smallest absolute Gasteiger partial charge is 0.275 e. The molecule has 0 radical (unpaired) electrons. The second-order valence-corrected chi connectivity index (χ2v) is 6.70. The van der Waals surface area contributed by atoms with Crippen molar-refractivity contribution in [2.24, 2.45) is 0 Å². The number of ether oxygens (including phenoxy) is 1. The van der Waals surface area contributed by atoms with Gasteiger partial charge < -0.3 is 15.4 Å². The van der Waals surface area contributed by atoms with Crippen molar-refractivity contribution in [2.75, 3.05) is 24.4 Å². The number of thiophene rings is 1. The number of methoxy groups -OCH3 is 1. The maximum Gasteiger partial charge on any atom is 0.275 e. The molecule has 0 atom stereocenters. The molecule has 0 unspecified atom stereocenters. The zero-order valence-electron chi connectivity index (χ0n) is 13.3. The molecular weight excluding hydrogens is 358 g/mol. The minimum Gasteiger partial charge on any atom is -0.375 e. The third kappa shape index (κ3) is 4.50. The number of hydrogen-bond acceptors (Lipinski definition) is 6. The number of carbonyl (C=O) groups is 2. The molecule has 25 heavy (non-hydrogen) atoms. The van der Waals surface area contributed by atoms with Crippen LogP contribution < -0.4 is 10.6 Å². The zero-order valence-corrected chi connectivity index (χ0v) is 14.9. The SMILES string of the molecule is COCC(=O)Nc1cccc(NC(=O)c2csc(-c3ccsc3)n2)c1. The number of rotatable bonds is 6. The van der Waals surface area contributed by atoms with Crippen molar-refractivity contribution >= 4 is 45.9 Å². The first-order valence-corrected chi connectivity index (χ1v) is 9.16. The van der Waals surface area contributed by atoms with Crippen LogP contribution in [-0.2, 0) is 9.53 Å². The van der Waals surface area contributed by atoms with E-state index in [0.29, 0.717) is 17.1 Å². The van der Waals surface area contributed by atoms with Gasteiger partial charge in [-0.2, -0.15) is 11.3 Å². The minimum absolute atomic E-state index is 0.0270. The summed E-state index contributed by atoms with van der Waals surface area (Å²) in [6.45, 7) is -0.0270. The van der Waals surface area contributed by atoms with Crippen LogP contribution >= 0.6 is 22.7 Å². The second-order valence-electron chi connectivity index (χ2n) is 5.07. The first-order valence-electron chi connectivity index (χ1n) is 7.34. The van der Waals surface area contributed by atoms with Crippen LogP contribution in [0.4, 0.5) is 11.4 Å². The maximum absolute atomic E-state index is 12.4. The quantitative estimate of drug-likeness (QED) is 0.690. The standard InChI is InChI=1S/C17H15N3O3S2/c1-23-8-15(21)18-12-3-2-4-13(7-12)19-16(22)14-10-25-17(20-14)11-5-6-24-9-11/h2-7,9-10H,8H2,1H3,(H,18,21)(H,19,22). The predicted octanol–water partition coefficient (Wildman–Crippen LogP) is 3.71. The number of carbonyl (C=O) groups excluding carboxylic acids is 2. The van der Waals surface area contributed by atoms with Gasteiger partial charge in [-0.1, -0.05) is 6.07 Å². The van der Waals surface area contributed by atoms with E-state index in [2.05, 4.69) is 15.6 Å². The fourth-order valence-electron chi connectivity index (χ4n) is 2.09. The largest absolute Gasteiger partial charge is 0.375 e. The molecule has 0 bridgehead atoms. The van der Waals surface area contributed by atoms with E-state index in [1.165, 1.54) is 18.4 Å². The summed E-state index contributed by atoms with van der Waals surface area (Å²) >= 11 is 3.01. The van der Waals surface area contributed by atoms with E-state index < -0.39 is 0 Å². The van der Waals surface area contributed by atoms with Crippen LogP contribution in [0.2, 0.25) is 0 Å². The summed E-state index contributed by atoms with van der Waals surface area (Å²) in [5.41, 5.74) is 2.53. The van der Waals surface area contributed by atoms with Crippen LogP contribution in [0.3, 0.4) is 0 Å². The molecule has 2 heterocycles. The Balaban J connectivity index is 1.68. The Hall–Kier alpha value is -2.55. The number of amides is 2. The lowest BCUT2D eigenvalue weighted by atomic mass is 10.2. The van der Waals surface area contributed by atoms with Crippen molar-refractivity contribution in [2.45, 2.75) is 0 Å². The summed E-state index contributed by atoms with van der Waals surface area (Å²) < 4.78 is 4.77. The van der Waals surface area contributed by atoms with Crippen LogP contribution in [0.15, 0.2) is 46.5 Å². The van der Waals surface area contributed by atoms with E-state index in [1.807, 2.05) is 16.8 Å². The molecule has 0 saturated carbocycles. The normalized spacial score (nSPS) is 10.4. The molecule has 1 aromatic carbocycles. The number of hydrogen-bond donors (Lipinski definition) is 2. The van der Waals surface area contributed by atoms with Crippen molar-refractivity contribution in [1.82, 2.24) is 4.98 Å². The minimum atomic E-state index is -0.293.